The van der Waals surface area contributed by atoms with E-state index in [1.54, 1.807) is 25.1 Å². The Balaban J connectivity index is 1.53. The standard InChI is InChI=1S/C21H23F2N3O3/c1-13(20(28)25-18-12-15(22)6-7-16(18)23)26-10-8-14(9-11-26)21(29)24-17-4-2-3-5-19(17)27/h2-7,12-14,27H,8-11H2,1H3,(H,24,29)(H,25,28)/t13-/m0/s1. The van der Waals surface area contributed by atoms with Crippen molar-refractivity contribution in [3.05, 3.63) is 54.1 Å². The van der Waals surface area contributed by atoms with Gasteiger partial charge in [-0.1, -0.05) is 12.1 Å². The fraction of sp³-hybridized carbons (Fsp3) is 0.333. The van der Waals surface area contributed by atoms with E-state index in [4.69, 9.17) is 0 Å². The normalized spacial score (nSPS) is 16.2. The summed E-state index contributed by atoms with van der Waals surface area (Å²) in [6.07, 6.45) is 1.09. The van der Waals surface area contributed by atoms with E-state index in [9.17, 15) is 23.5 Å². The molecule has 8 heteroatoms. The molecule has 1 atom stereocenters. The van der Waals surface area contributed by atoms with Gasteiger partial charge in [0.05, 0.1) is 17.4 Å². The molecule has 1 saturated heterocycles. The Hall–Kier alpha value is -3.00. The first-order valence-electron chi connectivity index (χ1n) is 9.44. The minimum absolute atomic E-state index is 0.00756. The summed E-state index contributed by atoms with van der Waals surface area (Å²) >= 11 is 0. The molecule has 1 aliphatic rings. The third-order valence-electron chi connectivity index (χ3n) is 5.18. The van der Waals surface area contributed by atoms with Crippen LogP contribution < -0.4 is 10.6 Å². The molecule has 29 heavy (non-hydrogen) atoms. The summed E-state index contributed by atoms with van der Waals surface area (Å²) in [5.41, 5.74) is 0.170. The summed E-state index contributed by atoms with van der Waals surface area (Å²) in [7, 11) is 0. The number of nitrogens with zero attached hydrogens (tertiary/aromatic N) is 1. The number of para-hydroxylation sites is 2. The summed E-state index contributed by atoms with van der Waals surface area (Å²) in [6.45, 7) is 2.72. The lowest BCUT2D eigenvalue weighted by Crippen LogP contribution is -2.47. The van der Waals surface area contributed by atoms with Crippen molar-refractivity contribution in [2.45, 2.75) is 25.8 Å². The molecule has 2 aromatic carbocycles. The van der Waals surface area contributed by atoms with Gasteiger partial charge in [0.25, 0.3) is 0 Å². The lowest BCUT2D eigenvalue weighted by atomic mass is 9.94. The van der Waals surface area contributed by atoms with Gasteiger partial charge in [0.1, 0.15) is 17.4 Å². The Kier molecular flexibility index (Phi) is 6.43. The van der Waals surface area contributed by atoms with Crippen molar-refractivity contribution in [1.82, 2.24) is 4.90 Å². The second-order valence-corrected chi connectivity index (χ2v) is 7.11. The SMILES string of the molecule is C[C@@H](C(=O)Nc1cc(F)ccc1F)N1CCC(C(=O)Nc2ccccc2O)CC1. The van der Waals surface area contributed by atoms with Gasteiger partial charge in [-0.05, 0) is 57.1 Å². The Bertz CT molecular complexity index is 898. The van der Waals surface area contributed by atoms with Gasteiger partial charge in [0.2, 0.25) is 11.8 Å². The molecule has 2 aromatic rings. The zero-order chi connectivity index (χ0) is 21.0. The number of aromatic hydroxyl groups is 1. The number of likely N-dealkylation sites (tertiary alicyclic amines) is 1. The first kappa shape index (κ1) is 20.7. The molecule has 0 aromatic heterocycles. The maximum absolute atomic E-state index is 13.7. The van der Waals surface area contributed by atoms with Crippen LogP contribution in [0.1, 0.15) is 19.8 Å². The van der Waals surface area contributed by atoms with Gasteiger partial charge in [0.15, 0.2) is 0 Å². The summed E-state index contributed by atoms with van der Waals surface area (Å²) in [6, 6.07) is 8.85. The summed E-state index contributed by atoms with van der Waals surface area (Å²) < 4.78 is 27.0. The smallest absolute Gasteiger partial charge is 0.241 e. The molecular formula is C21H23F2N3O3. The predicted octanol–water partition coefficient (Wildman–Crippen LogP) is 3.35. The lowest BCUT2D eigenvalue weighted by molar-refractivity contribution is -0.123. The molecule has 6 nitrogen and oxygen atoms in total. The maximum atomic E-state index is 13.7. The van der Waals surface area contributed by atoms with Crippen molar-refractivity contribution >= 4 is 23.2 Å². The average Bonchev–Trinajstić information content (AvgIpc) is 2.72. The number of phenolic OH excluding ortho intramolecular Hbond substituents is 1. The average molecular weight is 403 g/mol. The van der Waals surface area contributed by atoms with Crippen molar-refractivity contribution in [2.75, 3.05) is 23.7 Å². The molecule has 3 N–H and O–H groups in total. The molecule has 1 heterocycles. The van der Waals surface area contributed by atoms with E-state index in [1.807, 2.05) is 4.90 Å². The van der Waals surface area contributed by atoms with Crippen molar-refractivity contribution in [2.24, 2.45) is 5.92 Å². The van der Waals surface area contributed by atoms with E-state index >= 15 is 0 Å². The maximum Gasteiger partial charge on any atom is 0.241 e. The lowest BCUT2D eigenvalue weighted by Gasteiger charge is -2.34. The number of rotatable bonds is 5. The highest BCUT2D eigenvalue weighted by Gasteiger charge is 2.30. The number of carbonyl (C=O) groups is 2. The van der Waals surface area contributed by atoms with E-state index in [2.05, 4.69) is 10.6 Å². The van der Waals surface area contributed by atoms with Crippen molar-refractivity contribution < 1.29 is 23.5 Å². The van der Waals surface area contributed by atoms with Crippen LogP contribution in [0.4, 0.5) is 20.2 Å². The number of carbonyl (C=O) groups excluding carboxylic acids is 2. The van der Waals surface area contributed by atoms with Gasteiger partial charge >= 0.3 is 0 Å². The molecule has 154 valence electrons. The second kappa shape index (κ2) is 9.00. The molecule has 0 spiro atoms. The summed E-state index contributed by atoms with van der Waals surface area (Å²) in [4.78, 5) is 26.8. The molecule has 1 aliphatic heterocycles. The second-order valence-electron chi connectivity index (χ2n) is 7.11. The third-order valence-corrected chi connectivity index (χ3v) is 5.18. The summed E-state index contributed by atoms with van der Waals surface area (Å²) in [5.74, 6) is -2.18. The Morgan fingerprint density at radius 1 is 1.07 bits per heavy atom. The number of nitrogens with one attached hydrogen (secondary N) is 2. The zero-order valence-corrected chi connectivity index (χ0v) is 16.0. The van der Waals surface area contributed by atoms with Crippen LogP contribution in [-0.4, -0.2) is 41.0 Å². The third kappa shape index (κ3) is 5.08. The number of benzene rings is 2. The number of hydrogen-bond donors (Lipinski definition) is 3. The van der Waals surface area contributed by atoms with Crippen LogP contribution in [0.25, 0.3) is 0 Å². The van der Waals surface area contributed by atoms with E-state index in [1.165, 1.54) is 6.07 Å². The number of phenols is 1. The van der Waals surface area contributed by atoms with E-state index < -0.39 is 23.6 Å². The minimum atomic E-state index is -0.702. The first-order valence-corrected chi connectivity index (χ1v) is 9.44. The van der Waals surface area contributed by atoms with Crippen molar-refractivity contribution in [3.63, 3.8) is 0 Å². The fourth-order valence-electron chi connectivity index (χ4n) is 3.36. The predicted molar refractivity (Wildman–Crippen MR) is 105 cm³/mol. The molecule has 0 bridgehead atoms. The minimum Gasteiger partial charge on any atom is -0.506 e. The van der Waals surface area contributed by atoms with Crippen molar-refractivity contribution in [3.8, 4) is 5.75 Å². The van der Waals surface area contributed by atoms with Crippen LogP contribution in [0.5, 0.6) is 5.75 Å². The molecule has 2 amide bonds. The highest BCUT2D eigenvalue weighted by molar-refractivity contribution is 5.95. The largest absolute Gasteiger partial charge is 0.506 e. The fourth-order valence-corrected chi connectivity index (χ4v) is 3.36. The highest BCUT2D eigenvalue weighted by Crippen LogP contribution is 2.25. The number of anilines is 2. The van der Waals surface area contributed by atoms with Gasteiger partial charge in [-0.2, -0.15) is 0 Å². The van der Waals surface area contributed by atoms with Crippen LogP contribution >= 0.6 is 0 Å². The number of piperidine rings is 1. The Morgan fingerprint density at radius 2 is 1.76 bits per heavy atom. The van der Waals surface area contributed by atoms with E-state index in [-0.39, 0.29) is 23.3 Å². The van der Waals surface area contributed by atoms with E-state index in [0.717, 1.165) is 18.2 Å². The summed E-state index contributed by atoms with van der Waals surface area (Å²) in [5, 5.41) is 14.9. The Morgan fingerprint density at radius 3 is 2.45 bits per heavy atom. The van der Waals surface area contributed by atoms with Gasteiger partial charge in [-0.25, -0.2) is 8.78 Å². The first-order chi connectivity index (χ1) is 13.8. The molecular weight excluding hydrogens is 380 g/mol. The molecule has 0 radical (unpaired) electrons. The zero-order valence-electron chi connectivity index (χ0n) is 16.0. The van der Waals surface area contributed by atoms with Gasteiger partial charge in [0, 0.05) is 12.0 Å². The van der Waals surface area contributed by atoms with E-state index in [0.29, 0.717) is 31.6 Å². The van der Waals surface area contributed by atoms with Gasteiger partial charge in [-0.15, -0.1) is 0 Å². The number of hydrogen-bond acceptors (Lipinski definition) is 4. The van der Waals surface area contributed by atoms with Gasteiger partial charge in [-0.3, -0.25) is 14.5 Å². The molecule has 0 saturated carbocycles. The topological polar surface area (TPSA) is 81.7 Å². The molecule has 0 unspecified atom stereocenters. The monoisotopic (exact) mass is 403 g/mol. The van der Waals surface area contributed by atoms with Crippen LogP contribution in [0.15, 0.2) is 42.5 Å². The molecule has 1 fully saturated rings. The van der Waals surface area contributed by atoms with Crippen molar-refractivity contribution in [1.29, 1.82) is 0 Å². The number of amides is 2. The molecule has 3 rings (SSSR count). The van der Waals surface area contributed by atoms with Crippen LogP contribution in [-0.2, 0) is 9.59 Å². The van der Waals surface area contributed by atoms with Gasteiger partial charge < -0.3 is 15.7 Å². The number of halogens is 2. The van der Waals surface area contributed by atoms with Crippen LogP contribution in [0.3, 0.4) is 0 Å². The molecule has 0 aliphatic carbocycles. The quantitative estimate of drug-likeness (QED) is 0.669. The van der Waals surface area contributed by atoms with Crippen LogP contribution in [0, 0.1) is 17.6 Å². The Labute approximate surface area is 167 Å². The highest BCUT2D eigenvalue weighted by atomic mass is 19.1. The van der Waals surface area contributed by atoms with Crippen LogP contribution in [0.2, 0.25) is 0 Å².